The van der Waals surface area contributed by atoms with Crippen LogP contribution >= 0.6 is 7.82 Å². The van der Waals surface area contributed by atoms with Gasteiger partial charge in [0.1, 0.15) is 6.67 Å². The van der Waals surface area contributed by atoms with Gasteiger partial charge in [0.05, 0.1) is 0 Å². The molecule has 6 nitrogen and oxygen atoms in total. The van der Waals surface area contributed by atoms with Crippen LogP contribution in [0.4, 0.5) is 0 Å². The summed E-state index contributed by atoms with van der Waals surface area (Å²) in [5.74, 6) is 0. The quantitative estimate of drug-likeness (QED) is 0.659. The molecule has 0 unspecified atom stereocenters. The van der Waals surface area contributed by atoms with Crippen LogP contribution in [0.1, 0.15) is 26.2 Å². The Hall–Kier alpha value is -0.550. The first-order valence-corrected chi connectivity index (χ1v) is 7.10. The predicted octanol–water partition coefficient (Wildman–Crippen LogP) is 2.56. The van der Waals surface area contributed by atoms with Gasteiger partial charge in [-0.2, -0.15) is 4.62 Å². The number of unbranched alkanes of at least 4 members (excludes halogenated alkanes) is 1. The molecule has 0 radical (unpaired) electrons. The summed E-state index contributed by atoms with van der Waals surface area (Å²) in [5.41, 5.74) is 1.16. The van der Waals surface area contributed by atoms with E-state index in [4.69, 9.17) is 13.7 Å². The molecule has 0 N–H and O–H groups in total. The van der Waals surface area contributed by atoms with Gasteiger partial charge in [-0.1, -0.05) is 13.3 Å². The Balaban J connectivity index is 2.57. The minimum Gasteiger partial charge on any atom is -0.357 e. The number of hydrogen-bond acceptors (Lipinski definition) is 6. The van der Waals surface area contributed by atoms with Crippen molar-refractivity contribution in [3.8, 4) is 0 Å². The summed E-state index contributed by atoms with van der Waals surface area (Å²) in [4.78, 5) is 2.05. The maximum atomic E-state index is 11.8. The fraction of sp³-hybridized carbons (Fsp3) is 0.800. The lowest BCUT2D eigenvalue weighted by atomic mass is 10.2. The van der Waals surface area contributed by atoms with Gasteiger partial charge < -0.3 is 4.90 Å². The molecule has 0 aromatic carbocycles. The molecule has 17 heavy (non-hydrogen) atoms. The van der Waals surface area contributed by atoms with Crippen molar-refractivity contribution in [2.45, 2.75) is 26.2 Å². The molecule has 0 saturated carbocycles. The molecule has 0 saturated heterocycles. The van der Waals surface area contributed by atoms with E-state index >= 15 is 0 Å². The van der Waals surface area contributed by atoms with Crippen LogP contribution in [0.15, 0.2) is 11.9 Å². The SMILES string of the molecule is CCCCC1=CN(OP(=O)(OC)OC)CN1C. The summed E-state index contributed by atoms with van der Waals surface area (Å²) >= 11 is 0. The number of allylic oxidation sites excluding steroid dienone is 1. The average Bonchev–Trinajstić information content (AvgIpc) is 2.66. The van der Waals surface area contributed by atoms with Gasteiger partial charge in [-0.25, -0.2) is 9.63 Å². The highest BCUT2D eigenvalue weighted by molar-refractivity contribution is 7.48. The summed E-state index contributed by atoms with van der Waals surface area (Å²) in [7, 11) is 1.11. The van der Waals surface area contributed by atoms with Crippen LogP contribution in [-0.4, -0.2) is 37.9 Å². The van der Waals surface area contributed by atoms with Crippen LogP contribution in [0.25, 0.3) is 0 Å². The molecule has 1 aliphatic rings. The number of rotatable bonds is 7. The van der Waals surface area contributed by atoms with Gasteiger partial charge in [-0.3, -0.25) is 9.05 Å². The zero-order valence-corrected chi connectivity index (χ0v) is 11.8. The molecule has 100 valence electrons. The van der Waals surface area contributed by atoms with Gasteiger partial charge in [0.2, 0.25) is 0 Å². The van der Waals surface area contributed by atoms with Crippen molar-refractivity contribution in [2.24, 2.45) is 0 Å². The van der Waals surface area contributed by atoms with Gasteiger partial charge in [0.25, 0.3) is 0 Å². The Morgan fingerprint density at radius 3 is 2.59 bits per heavy atom. The summed E-state index contributed by atoms with van der Waals surface area (Å²) in [6, 6.07) is 0. The van der Waals surface area contributed by atoms with Crippen molar-refractivity contribution in [1.29, 1.82) is 0 Å². The van der Waals surface area contributed by atoms with Crippen molar-refractivity contribution in [3.05, 3.63) is 11.9 Å². The third kappa shape index (κ3) is 4.00. The summed E-state index contributed by atoms with van der Waals surface area (Å²) in [6.07, 6.45) is 5.08. The van der Waals surface area contributed by atoms with E-state index in [9.17, 15) is 4.57 Å². The second-order valence-electron chi connectivity index (χ2n) is 3.87. The zero-order valence-electron chi connectivity index (χ0n) is 10.9. The van der Waals surface area contributed by atoms with Crippen molar-refractivity contribution in [1.82, 2.24) is 9.96 Å². The second-order valence-corrected chi connectivity index (χ2v) is 5.66. The summed E-state index contributed by atoms with van der Waals surface area (Å²) < 4.78 is 26.4. The molecule has 1 rings (SSSR count). The smallest absolute Gasteiger partial charge is 0.357 e. The van der Waals surface area contributed by atoms with Crippen molar-refractivity contribution < 1.29 is 18.2 Å². The van der Waals surface area contributed by atoms with Gasteiger partial charge in [-0.05, 0) is 12.8 Å². The van der Waals surface area contributed by atoms with Crippen LogP contribution in [0, 0.1) is 0 Å². The molecular weight excluding hydrogens is 243 g/mol. The minimum atomic E-state index is -3.45. The molecule has 0 atom stereocenters. The van der Waals surface area contributed by atoms with E-state index in [1.807, 2.05) is 18.1 Å². The van der Waals surface area contributed by atoms with E-state index in [0.717, 1.165) is 25.0 Å². The lowest BCUT2D eigenvalue weighted by Gasteiger charge is -2.21. The molecule has 0 aromatic rings. The van der Waals surface area contributed by atoms with E-state index in [0.29, 0.717) is 6.67 Å². The second kappa shape index (κ2) is 6.40. The Labute approximate surface area is 103 Å². The molecule has 0 aromatic heterocycles. The standard InChI is InChI=1S/C10H21N2O4P/c1-5-6-7-10-8-12(9-11(10)2)16-17(13,14-3)15-4/h8H,5-7,9H2,1-4H3. The lowest BCUT2D eigenvalue weighted by molar-refractivity contribution is -0.0538. The number of hydrogen-bond donors (Lipinski definition) is 0. The Kier molecular flexibility index (Phi) is 5.46. The maximum Gasteiger partial charge on any atom is 0.495 e. The molecule has 0 spiro atoms. The number of nitrogens with zero attached hydrogens (tertiary/aromatic N) is 2. The van der Waals surface area contributed by atoms with E-state index in [2.05, 4.69) is 6.92 Å². The highest BCUT2D eigenvalue weighted by Crippen LogP contribution is 2.49. The molecule has 7 heteroatoms. The van der Waals surface area contributed by atoms with Crippen LogP contribution < -0.4 is 0 Å². The Bertz CT molecular complexity index is 313. The van der Waals surface area contributed by atoms with E-state index in [1.165, 1.54) is 19.3 Å². The molecule has 0 fully saturated rings. The van der Waals surface area contributed by atoms with Crippen molar-refractivity contribution in [3.63, 3.8) is 0 Å². The molecule has 0 amide bonds. The molecular formula is C10H21N2O4P. The number of hydroxylamine groups is 2. The van der Waals surface area contributed by atoms with Gasteiger partial charge >= 0.3 is 7.82 Å². The topological polar surface area (TPSA) is 51.2 Å². The van der Waals surface area contributed by atoms with E-state index in [-0.39, 0.29) is 0 Å². The molecule has 1 aliphatic heterocycles. The first-order valence-electron chi connectivity index (χ1n) is 5.64. The first kappa shape index (κ1) is 14.5. The average molecular weight is 264 g/mol. The van der Waals surface area contributed by atoms with E-state index < -0.39 is 7.82 Å². The molecule has 0 aliphatic carbocycles. The third-order valence-corrected chi connectivity index (χ3v) is 3.88. The fourth-order valence-electron chi connectivity index (χ4n) is 1.54. The number of phosphoric acid groups is 1. The normalized spacial score (nSPS) is 16.6. The highest BCUT2D eigenvalue weighted by atomic mass is 31.2. The third-order valence-electron chi connectivity index (χ3n) is 2.57. The van der Waals surface area contributed by atoms with Gasteiger partial charge in [0, 0.05) is 33.2 Å². The van der Waals surface area contributed by atoms with Gasteiger partial charge in [0.15, 0.2) is 0 Å². The minimum absolute atomic E-state index is 0.524. The zero-order chi connectivity index (χ0) is 12.9. The van der Waals surface area contributed by atoms with Crippen LogP contribution in [0.5, 0.6) is 0 Å². The van der Waals surface area contributed by atoms with Crippen LogP contribution in [0.2, 0.25) is 0 Å². The maximum absolute atomic E-state index is 11.8. The summed E-state index contributed by atoms with van der Waals surface area (Å²) in [6.45, 7) is 2.67. The monoisotopic (exact) mass is 264 g/mol. The first-order chi connectivity index (χ1) is 8.04. The van der Waals surface area contributed by atoms with Gasteiger partial charge in [-0.15, -0.1) is 0 Å². The Morgan fingerprint density at radius 1 is 1.41 bits per heavy atom. The predicted molar refractivity (Wildman–Crippen MR) is 64.8 cm³/mol. The van der Waals surface area contributed by atoms with E-state index in [1.54, 1.807) is 0 Å². The Morgan fingerprint density at radius 2 is 2.06 bits per heavy atom. The fourth-order valence-corrected chi connectivity index (χ4v) is 2.18. The summed E-state index contributed by atoms with van der Waals surface area (Å²) in [5, 5.41) is 1.48. The van der Waals surface area contributed by atoms with Crippen molar-refractivity contribution >= 4 is 7.82 Å². The molecule has 0 bridgehead atoms. The van der Waals surface area contributed by atoms with Crippen LogP contribution in [0.3, 0.4) is 0 Å². The molecule has 1 heterocycles. The van der Waals surface area contributed by atoms with Crippen LogP contribution in [-0.2, 0) is 18.2 Å². The lowest BCUT2D eigenvalue weighted by Crippen LogP contribution is -2.23. The van der Waals surface area contributed by atoms with Crippen molar-refractivity contribution in [2.75, 3.05) is 27.9 Å². The largest absolute Gasteiger partial charge is 0.495 e. The highest BCUT2D eigenvalue weighted by Gasteiger charge is 2.29. The number of phosphoric ester groups is 1.